The Hall–Kier alpha value is -0.440. The van der Waals surface area contributed by atoms with Crippen LogP contribution < -0.4 is 5.32 Å². The van der Waals surface area contributed by atoms with Crippen LogP contribution in [0, 0.1) is 0 Å². The molecule has 86 valence electrons. The smallest absolute Gasteiger partial charge is 0.407 e. The number of hydrogen-bond acceptors (Lipinski definition) is 2. The van der Waals surface area contributed by atoms with Gasteiger partial charge in [-0.3, -0.25) is 0 Å². The number of halogens is 1. The predicted octanol–water partition coefficient (Wildman–Crippen LogP) is 3.12. The maximum absolute atomic E-state index is 11.1. The minimum Gasteiger partial charge on any atom is -0.444 e. The summed E-state index contributed by atoms with van der Waals surface area (Å²) in [6.07, 6.45) is 3.02. The van der Waals surface area contributed by atoms with Crippen LogP contribution >= 0.6 is 12.4 Å². The SMILES string of the molecule is CCCCCNC(=O)OC(C)(C)C.Cl. The number of nitrogens with one attached hydrogen (secondary N) is 1. The van der Waals surface area contributed by atoms with E-state index < -0.39 is 5.60 Å². The van der Waals surface area contributed by atoms with E-state index in [0.29, 0.717) is 6.54 Å². The number of ether oxygens (including phenoxy) is 1. The first-order chi connectivity index (χ1) is 5.95. The van der Waals surface area contributed by atoms with Gasteiger partial charge in [0.05, 0.1) is 0 Å². The third-order valence-electron chi connectivity index (χ3n) is 1.45. The van der Waals surface area contributed by atoms with Gasteiger partial charge in [0.15, 0.2) is 0 Å². The largest absolute Gasteiger partial charge is 0.444 e. The zero-order valence-corrected chi connectivity index (χ0v) is 10.4. The van der Waals surface area contributed by atoms with Gasteiger partial charge in [-0.15, -0.1) is 12.4 Å². The first-order valence-corrected chi connectivity index (χ1v) is 4.92. The van der Waals surface area contributed by atoms with E-state index in [1.165, 1.54) is 0 Å². The monoisotopic (exact) mass is 223 g/mol. The Morgan fingerprint density at radius 3 is 2.29 bits per heavy atom. The van der Waals surface area contributed by atoms with Crippen LogP contribution in [0.25, 0.3) is 0 Å². The maximum Gasteiger partial charge on any atom is 0.407 e. The number of amides is 1. The topological polar surface area (TPSA) is 38.3 Å². The van der Waals surface area contributed by atoms with Crippen LogP contribution in [0.5, 0.6) is 0 Å². The Bertz CT molecular complexity index is 155. The molecule has 0 saturated heterocycles. The minimum atomic E-state index is -0.394. The van der Waals surface area contributed by atoms with E-state index in [0.717, 1.165) is 19.3 Å². The van der Waals surface area contributed by atoms with Crippen LogP contribution in [0.3, 0.4) is 0 Å². The van der Waals surface area contributed by atoms with E-state index in [1.54, 1.807) is 0 Å². The van der Waals surface area contributed by atoms with Crippen molar-refractivity contribution in [2.45, 2.75) is 52.6 Å². The molecule has 0 atom stereocenters. The van der Waals surface area contributed by atoms with Gasteiger partial charge in [-0.25, -0.2) is 4.79 Å². The molecular weight excluding hydrogens is 202 g/mol. The van der Waals surface area contributed by atoms with Gasteiger partial charge in [0.1, 0.15) is 5.60 Å². The lowest BCUT2D eigenvalue weighted by Crippen LogP contribution is -2.32. The molecule has 0 aromatic carbocycles. The van der Waals surface area contributed by atoms with Crippen LogP contribution in [0.4, 0.5) is 4.79 Å². The summed E-state index contributed by atoms with van der Waals surface area (Å²) in [5, 5.41) is 2.71. The average Bonchev–Trinajstić information content (AvgIpc) is 1.94. The normalized spacial score (nSPS) is 10.3. The first kappa shape index (κ1) is 16.0. The highest BCUT2D eigenvalue weighted by molar-refractivity contribution is 5.85. The van der Waals surface area contributed by atoms with E-state index >= 15 is 0 Å². The van der Waals surface area contributed by atoms with E-state index in [9.17, 15) is 4.79 Å². The molecule has 0 aromatic rings. The van der Waals surface area contributed by atoms with Crippen molar-refractivity contribution in [2.24, 2.45) is 0 Å². The molecule has 0 aliphatic carbocycles. The molecule has 0 unspecified atom stereocenters. The number of carbonyl (C=O) groups is 1. The predicted molar refractivity (Wildman–Crippen MR) is 61.0 cm³/mol. The summed E-state index contributed by atoms with van der Waals surface area (Å²) in [5.41, 5.74) is -0.394. The number of carbonyl (C=O) groups excluding carboxylic acids is 1. The van der Waals surface area contributed by atoms with Crippen molar-refractivity contribution in [3.63, 3.8) is 0 Å². The summed E-state index contributed by atoms with van der Waals surface area (Å²) in [6.45, 7) is 8.42. The van der Waals surface area contributed by atoms with E-state index in [4.69, 9.17) is 4.74 Å². The van der Waals surface area contributed by atoms with E-state index in [2.05, 4.69) is 12.2 Å². The summed E-state index contributed by atoms with van der Waals surface area (Å²) in [5.74, 6) is 0. The van der Waals surface area contributed by atoms with Gasteiger partial charge in [0, 0.05) is 6.54 Å². The van der Waals surface area contributed by atoms with Gasteiger partial charge in [-0.1, -0.05) is 19.8 Å². The summed E-state index contributed by atoms with van der Waals surface area (Å²) in [6, 6.07) is 0. The van der Waals surface area contributed by atoms with Gasteiger partial charge in [0.25, 0.3) is 0 Å². The molecule has 1 amide bonds. The second kappa shape index (κ2) is 7.92. The first-order valence-electron chi connectivity index (χ1n) is 4.92. The Morgan fingerprint density at radius 2 is 1.86 bits per heavy atom. The van der Waals surface area contributed by atoms with Crippen LogP contribution in [0.2, 0.25) is 0 Å². The lowest BCUT2D eigenvalue weighted by molar-refractivity contribution is 0.0527. The fourth-order valence-electron chi connectivity index (χ4n) is 0.880. The highest BCUT2D eigenvalue weighted by Crippen LogP contribution is 2.06. The molecular formula is C10H22ClNO2. The third kappa shape index (κ3) is 11.6. The molecule has 0 aliphatic heterocycles. The van der Waals surface area contributed by atoms with Crippen LogP contribution in [-0.2, 0) is 4.74 Å². The number of unbranched alkanes of at least 4 members (excludes halogenated alkanes) is 2. The number of rotatable bonds is 4. The lowest BCUT2D eigenvalue weighted by Gasteiger charge is -2.19. The second-order valence-electron chi connectivity index (χ2n) is 4.14. The molecule has 4 heteroatoms. The number of hydrogen-bond donors (Lipinski definition) is 1. The molecule has 0 spiro atoms. The third-order valence-corrected chi connectivity index (χ3v) is 1.45. The molecule has 0 bridgehead atoms. The maximum atomic E-state index is 11.1. The van der Waals surface area contributed by atoms with Crippen LogP contribution in [0.15, 0.2) is 0 Å². The lowest BCUT2D eigenvalue weighted by atomic mass is 10.2. The Kier molecular flexibility index (Phi) is 9.05. The molecule has 0 rings (SSSR count). The van der Waals surface area contributed by atoms with Crippen molar-refractivity contribution in [1.82, 2.24) is 5.32 Å². The Balaban J connectivity index is 0. The zero-order chi connectivity index (χ0) is 10.3. The molecule has 0 saturated carbocycles. The molecule has 0 aromatic heterocycles. The van der Waals surface area contributed by atoms with Crippen molar-refractivity contribution in [3.8, 4) is 0 Å². The summed E-state index contributed by atoms with van der Waals surface area (Å²) < 4.78 is 5.07. The van der Waals surface area contributed by atoms with Gasteiger partial charge in [-0.2, -0.15) is 0 Å². The summed E-state index contributed by atoms with van der Waals surface area (Å²) in [7, 11) is 0. The van der Waals surface area contributed by atoms with Gasteiger partial charge < -0.3 is 10.1 Å². The Morgan fingerprint density at radius 1 is 1.29 bits per heavy atom. The highest BCUT2D eigenvalue weighted by Gasteiger charge is 2.15. The zero-order valence-electron chi connectivity index (χ0n) is 9.55. The standard InChI is InChI=1S/C10H21NO2.ClH/c1-5-6-7-8-11-9(12)13-10(2,3)4;/h5-8H2,1-4H3,(H,11,12);1H. The summed E-state index contributed by atoms with van der Waals surface area (Å²) >= 11 is 0. The molecule has 1 N–H and O–H groups in total. The van der Waals surface area contributed by atoms with Gasteiger partial charge >= 0.3 is 6.09 Å². The fraction of sp³-hybridized carbons (Fsp3) is 0.900. The fourth-order valence-corrected chi connectivity index (χ4v) is 0.880. The number of alkyl carbamates (subject to hydrolysis) is 1. The van der Waals surface area contributed by atoms with Crippen LogP contribution in [0.1, 0.15) is 47.0 Å². The summed E-state index contributed by atoms with van der Waals surface area (Å²) in [4.78, 5) is 11.1. The van der Waals surface area contributed by atoms with Crippen molar-refractivity contribution in [3.05, 3.63) is 0 Å². The van der Waals surface area contributed by atoms with Crippen molar-refractivity contribution in [1.29, 1.82) is 0 Å². The van der Waals surface area contributed by atoms with Crippen molar-refractivity contribution >= 4 is 18.5 Å². The molecule has 14 heavy (non-hydrogen) atoms. The molecule has 0 aliphatic rings. The molecule has 3 nitrogen and oxygen atoms in total. The molecule has 0 fully saturated rings. The van der Waals surface area contributed by atoms with E-state index in [1.807, 2.05) is 20.8 Å². The van der Waals surface area contributed by atoms with Crippen molar-refractivity contribution < 1.29 is 9.53 Å². The second-order valence-corrected chi connectivity index (χ2v) is 4.14. The Labute approximate surface area is 93.0 Å². The average molecular weight is 224 g/mol. The highest BCUT2D eigenvalue weighted by atomic mass is 35.5. The minimum absolute atomic E-state index is 0. The van der Waals surface area contributed by atoms with E-state index in [-0.39, 0.29) is 18.5 Å². The van der Waals surface area contributed by atoms with Crippen LogP contribution in [-0.4, -0.2) is 18.2 Å². The molecule has 0 radical (unpaired) electrons. The van der Waals surface area contributed by atoms with Crippen molar-refractivity contribution in [2.75, 3.05) is 6.54 Å². The quantitative estimate of drug-likeness (QED) is 0.744. The van der Waals surface area contributed by atoms with Gasteiger partial charge in [0.2, 0.25) is 0 Å². The van der Waals surface area contributed by atoms with Gasteiger partial charge in [-0.05, 0) is 27.2 Å². The molecule has 0 heterocycles.